The van der Waals surface area contributed by atoms with Crippen LogP contribution < -0.4 is 0 Å². The van der Waals surface area contributed by atoms with E-state index in [1.165, 1.54) is 0 Å². The van der Waals surface area contributed by atoms with Crippen LogP contribution in [0.2, 0.25) is 0 Å². The fourth-order valence-corrected chi connectivity index (χ4v) is 2.67. The van der Waals surface area contributed by atoms with Gasteiger partial charge in [0, 0.05) is 5.69 Å². The Morgan fingerprint density at radius 1 is 1.47 bits per heavy atom. The van der Waals surface area contributed by atoms with Gasteiger partial charge in [0.05, 0.1) is 25.5 Å². The van der Waals surface area contributed by atoms with Crippen molar-refractivity contribution in [3.63, 3.8) is 0 Å². The molecule has 7 heteroatoms. The highest BCUT2D eigenvalue weighted by atomic mass is 16.7. The van der Waals surface area contributed by atoms with Gasteiger partial charge in [0.1, 0.15) is 18.3 Å². The number of aliphatic hydroxyl groups is 3. The number of aldehydes is 1. The summed E-state index contributed by atoms with van der Waals surface area (Å²) in [5.74, 6) is -1.42. The number of carbonyl (C=O) groups excluding carboxylic acids is 1. The molecule has 4 atom stereocenters. The van der Waals surface area contributed by atoms with Gasteiger partial charge in [0.15, 0.2) is 6.29 Å². The van der Waals surface area contributed by atoms with E-state index in [1.54, 1.807) is 16.7 Å². The zero-order valence-corrected chi connectivity index (χ0v) is 10.1. The minimum atomic E-state index is -1.42. The smallest absolute Gasteiger partial charge is 0.216 e. The molecule has 3 heterocycles. The number of ether oxygens (including phenoxy) is 2. The van der Waals surface area contributed by atoms with Crippen LogP contribution in [0.25, 0.3) is 0 Å². The quantitative estimate of drug-likeness (QED) is 0.573. The third kappa shape index (κ3) is 1.74. The third-order valence-corrected chi connectivity index (χ3v) is 3.75. The van der Waals surface area contributed by atoms with E-state index in [0.29, 0.717) is 12.0 Å². The Morgan fingerprint density at radius 3 is 2.89 bits per heavy atom. The maximum Gasteiger partial charge on any atom is 0.216 e. The zero-order valence-electron chi connectivity index (χ0n) is 10.1. The summed E-state index contributed by atoms with van der Waals surface area (Å²) in [7, 11) is 0. The van der Waals surface area contributed by atoms with Crippen molar-refractivity contribution in [3.05, 3.63) is 23.5 Å². The molecule has 104 valence electrons. The lowest BCUT2D eigenvalue weighted by Crippen LogP contribution is -2.51. The predicted molar refractivity (Wildman–Crippen MR) is 61.3 cm³/mol. The maximum absolute atomic E-state index is 11.0. The van der Waals surface area contributed by atoms with Gasteiger partial charge in [-0.25, -0.2) is 0 Å². The normalized spacial score (nSPS) is 37.5. The van der Waals surface area contributed by atoms with Crippen LogP contribution in [0, 0.1) is 0 Å². The van der Waals surface area contributed by atoms with E-state index in [9.17, 15) is 15.0 Å². The lowest BCUT2D eigenvalue weighted by atomic mass is 10.0. The average molecular weight is 269 g/mol. The fraction of sp³-hybridized carbons (Fsp3) is 0.583. The Kier molecular flexibility index (Phi) is 2.95. The molecule has 3 rings (SSSR count). The largest absolute Gasteiger partial charge is 0.394 e. The molecule has 0 unspecified atom stereocenters. The third-order valence-electron chi connectivity index (χ3n) is 3.75. The second-order valence-corrected chi connectivity index (χ2v) is 4.83. The molecular formula is C12H15NO6. The Morgan fingerprint density at radius 2 is 2.26 bits per heavy atom. The van der Waals surface area contributed by atoms with E-state index < -0.39 is 30.7 Å². The van der Waals surface area contributed by atoms with Crippen LogP contribution in [0.5, 0.6) is 0 Å². The maximum atomic E-state index is 11.0. The molecule has 0 bridgehead atoms. The van der Waals surface area contributed by atoms with Crippen molar-refractivity contribution in [1.82, 2.24) is 4.57 Å². The summed E-state index contributed by atoms with van der Waals surface area (Å²) in [5, 5.41) is 29.0. The number of aromatic nitrogens is 1. The summed E-state index contributed by atoms with van der Waals surface area (Å²) >= 11 is 0. The van der Waals surface area contributed by atoms with Crippen LogP contribution in [0.1, 0.15) is 16.2 Å². The first-order valence-electron chi connectivity index (χ1n) is 6.03. The number of aliphatic hydroxyl groups excluding tert-OH is 3. The fourth-order valence-electron chi connectivity index (χ4n) is 2.67. The van der Waals surface area contributed by atoms with Crippen LogP contribution in [-0.4, -0.2) is 56.9 Å². The lowest BCUT2D eigenvalue weighted by Gasteiger charge is -2.37. The molecule has 0 amide bonds. The predicted octanol–water partition coefficient (Wildman–Crippen LogP) is -1.36. The monoisotopic (exact) mass is 269 g/mol. The van der Waals surface area contributed by atoms with Crippen LogP contribution in [0.3, 0.4) is 0 Å². The summed E-state index contributed by atoms with van der Waals surface area (Å²) in [6.07, 6.45) is -2.68. The molecule has 1 aromatic rings. The van der Waals surface area contributed by atoms with Gasteiger partial charge in [0.2, 0.25) is 5.79 Å². The van der Waals surface area contributed by atoms with Crippen molar-refractivity contribution in [2.24, 2.45) is 0 Å². The van der Waals surface area contributed by atoms with Crippen LogP contribution in [0.4, 0.5) is 0 Å². The second-order valence-electron chi connectivity index (χ2n) is 4.83. The van der Waals surface area contributed by atoms with Gasteiger partial charge in [0.25, 0.3) is 0 Å². The topological polar surface area (TPSA) is 101 Å². The van der Waals surface area contributed by atoms with Crippen molar-refractivity contribution in [2.75, 3.05) is 6.61 Å². The molecule has 2 aliphatic rings. The number of rotatable bonds is 2. The molecular weight excluding hydrogens is 254 g/mol. The highest BCUT2D eigenvalue weighted by Crippen LogP contribution is 2.38. The molecule has 1 fully saturated rings. The van der Waals surface area contributed by atoms with Gasteiger partial charge in [-0.2, -0.15) is 0 Å². The highest BCUT2D eigenvalue weighted by Gasteiger charge is 2.56. The minimum Gasteiger partial charge on any atom is -0.394 e. The summed E-state index contributed by atoms with van der Waals surface area (Å²) in [6.45, 7) is -0.156. The van der Waals surface area contributed by atoms with E-state index in [-0.39, 0.29) is 13.2 Å². The molecule has 3 N–H and O–H groups in total. The van der Waals surface area contributed by atoms with Gasteiger partial charge in [-0.05, 0) is 12.1 Å². The van der Waals surface area contributed by atoms with Crippen molar-refractivity contribution in [1.29, 1.82) is 0 Å². The Balaban J connectivity index is 1.94. The molecule has 0 aliphatic carbocycles. The first kappa shape index (κ1) is 12.8. The number of hydrogen-bond acceptors (Lipinski definition) is 6. The first-order chi connectivity index (χ1) is 9.11. The van der Waals surface area contributed by atoms with Gasteiger partial charge in [-0.1, -0.05) is 0 Å². The zero-order chi connectivity index (χ0) is 13.6. The van der Waals surface area contributed by atoms with Crippen LogP contribution >= 0.6 is 0 Å². The van der Waals surface area contributed by atoms with E-state index in [0.717, 1.165) is 5.69 Å². The van der Waals surface area contributed by atoms with E-state index >= 15 is 0 Å². The standard InChI is InChI=1S/C12H15NO6/c14-3-7-1-2-8-5-18-12(6-13(7)8)11(17)10(16)9(4-15)19-12/h1-3,9-11,15-17H,4-6H2/t9-,10-,11+,12-/m1/s1. The molecule has 1 aromatic heterocycles. The molecule has 0 aromatic carbocycles. The van der Waals surface area contributed by atoms with Gasteiger partial charge in [-0.15, -0.1) is 0 Å². The van der Waals surface area contributed by atoms with Crippen LogP contribution in [0.15, 0.2) is 12.1 Å². The second kappa shape index (κ2) is 4.39. The Hall–Kier alpha value is -1.25. The average Bonchev–Trinajstić information content (AvgIpc) is 2.93. The number of nitrogens with zero attached hydrogens (tertiary/aromatic N) is 1. The van der Waals surface area contributed by atoms with Crippen molar-refractivity contribution in [3.8, 4) is 0 Å². The van der Waals surface area contributed by atoms with Gasteiger partial charge < -0.3 is 29.4 Å². The molecule has 19 heavy (non-hydrogen) atoms. The van der Waals surface area contributed by atoms with E-state index in [1.807, 2.05) is 0 Å². The van der Waals surface area contributed by atoms with E-state index in [2.05, 4.69) is 0 Å². The van der Waals surface area contributed by atoms with Crippen molar-refractivity contribution >= 4 is 6.29 Å². The number of carbonyl (C=O) groups is 1. The molecule has 2 aliphatic heterocycles. The summed E-state index contributed by atoms with van der Waals surface area (Å²) < 4.78 is 12.7. The Labute approximate surface area is 109 Å². The summed E-state index contributed by atoms with van der Waals surface area (Å²) in [6, 6.07) is 3.42. The Bertz CT molecular complexity index is 500. The lowest BCUT2D eigenvalue weighted by molar-refractivity contribution is -0.283. The molecule has 0 radical (unpaired) electrons. The summed E-state index contributed by atoms with van der Waals surface area (Å²) in [4.78, 5) is 11.0. The molecule has 7 nitrogen and oxygen atoms in total. The molecule has 0 saturated carbocycles. The van der Waals surface area contributed by atoms with Gasteiger partial charge in [-0.3, -0.25) is 4.79 Å². The summed E-state index contributed by atoms with van der Waals surface area (Å²) in [5.41, 5.74) is 1.25. The highest BCUT2D eigenvalue weighted by molar-refractivity contribution is 5.72. The SMILES string of the molecule is O=Cc1ccc2n1C[C@@]1(OC2)O[C@H](CO)[C@@H](O)[C@@H]1O. The first-order valence-corrected chi connectivity index (χ1v) is 6.03. The molecule has 1 spiro atoms. The van der Waals surface area contributed by atoms with Crippen molar-refractivity contribution < 1.29 is 29.6 Å². The van der Waals surface area contributed by atoms with Crippen LogP contribution in [-0.2, 0) is 22.6 Å². The van der Waals surface area contributed by atoms with Gasteiger partial charge >= 0.3 is 0 Å². The molecule has 1 saturated heterocycles. The number of fused-ring (bicyclic) bond motifs is 1. The van der Waals surface area contributed by atoms with E-state index in [4.69, 9.17) is 14.6 Å². The number of hydrogen-bond donors (Lipinski definition) is 3. The van der Waals surface area contributed by atoms with Crippen molar-refractivity contribution in [2.45, 2.75) is 37.3 Å². The minimum absolute atomic E-state index is 0.0954.